The summed E-state index contributed by atoms with van der Waals surface area (Å²) in [5.74, 6) is 0.0972. The summed E-state index contributed by atoms with van der Waals surface area (Å²) in [5.41, 5.74) is 0. The van der Waals surface area contributed by atoms with Gasteiger partial charge in [0.25, 0.3) is 6.48 Å². The minimum atomic E-state index is -2.17. The first-order valence-corrected chi connectivity index (χ1v) is 13.5. The standard InChI is InChI=1S/C5H12O3.C5H12O2.C5H12O.C3H8O3.C3H8S3.CH4O3/c1-4(6)2-3-5(7)8;1-2-5(3-6)4-7;1-2-3-4-5-6;2*1-2(4)3(5)6;2-1(3)4/h4-8H,2-3H2,1H3;5-7H,2-4H2,1H3;6H,2-5H2,1H3;2*2-6H,1H3;1-4H. The van der Waals surface area contributed by atoms with Crippen molar-refractivity contribution in [2.45, 2.75) is 114 Å². The molecule has 12 N–H and O–H groups in total. The largest absolute Gasteiger partial charge is 0.396 e. The molecule has 0 fully saturated rings. The second kappa shape index (κ2) is 41.1. The number of thiol groups is 3. The Balaban J connectivity index is -0.0000000788. The van der Waals surface area contributed by atoms with Gasteiger partial charge in [-0.2, -0.15) is 37.9 Å². The maximum atomic E-state index is 8.58. The molecule has 0 aliphatic carbocycles. The van der Waals surface area contributed by atoms with E-state index in [-0.39, 0.29) is 35.4 Å². The van der Waals surface area contributed by atoms with Crippen LogP contribution in [0.2, 0.25) is 0 Å². The summed E-state index contributed by atoms with van der Waals surface area (Å²) in [7, 11) is 0. The Kier molecular flexibility index (Phi) is 55.9. The fourth-order valence-electron chi connectivity index (χ4n) is 1.07. The zero-order chi connectivity index (χ0) is 31.0. The number of aliphatic hydroxyl groups is 12. The van der Waals surface area contributed by atoms with Gasteiger partial charge in [0.05, 0.1) is 10.7 Å². The number of rotatable bonds is 11. The number of hydrogen-bond donors (Lipinski definition) is 15. The van der Waals surface area contributed by atoms with Crippen LogP contribution in [0.15, 0.2) is 0 Å². The highest BCUT2D eigenvalue weighted by Gasteiger charge is 2.02. The van der Waals surface area contributed by atoms with Crippen LogP contribution < -0.4 is 0 Å². The summed E-state index contributed by atoms with van der Waals surface area (Å²) in [6, 6.07) is 0. The van der Waals surface area contributed by atoms with Gasteiger partial charge in [-0.1, -0.05) is 33.6 Å². The van der Waals surface area contributed by atoms with Crippen LogP contribution in [0.25, 0.3) is 0 Å². The summed E-state index contributed by atoms with van der Waals surface area (Å²) in [6.45, 7) is 7.32. The van der Waals surface area contributed by atoms with Crippen LogP contribution in [-0.4, -0.2) is 122 Å². The Morgan fingerprint density at radius 2 is 1.00 bits per heavy atom. The van der Waals surface area contributed by atoms with Crippen LogP contribution in [0, 0.1) is 5.92 Å². The Morgan fingerprint density at radius 1 is 0.649 bits per heavy atom. The van der Waals surface area contributed by atoms with Crippen LogP contribution in [0.1, 0.15) is 73.1 Å². The molecule has 0 heterocycles. The molecule has 0 aliphatic rings. The Bertz CT molecular complexity index is 318. The van der Waals surface area contributed by atoms with Crippen molar-refractivity contribution in [3.8, 4) is 0 Å². The molecule has 0 saturated carbocycles. The first-order valence-electron chi connectivity index (χ1n) is 11.9. The van der Waals surface area contributed by atoms with E-state index >= 15 is 0 Å². The van der Waals surface area contributed by atoms with Crippen molar-refractivity contribution in [2.75, 3.05) is 19.8 Å². The molecule has 37 heavy (non-hydrogen) atoms. The predicted octanol–water partition coefficient (Wildman–Crippen LogP) is -0.961. The fourth-order valence-corrected chi connectivity index (χ4v) is 1.07. The molecular weight excluding hydrogens is 552 g/mol. The minimum absolute atomic E-state index is 0.0972. The van der Waals surface area contributed by atoms with Gasteiger partial charge >= 0.3 is 0 Å². The van der Waals surface area contributed by atoms with Crippen molar-refractivity contribution in [3.63, 3.8) is 0 Å². The maximum absolute atomic E-state index is 8.58. The highest BCUT2D eigenvalue weighted by Crippen LogP contribution is 2.10. The van der Waals surface area contributed by atoms with E-state index in [9.17, 15) is 0 Å². The highest BCUT2D eigenvalue weighted by atomic mass is 32.2. The van der Waals surface area contributed by atoms with Crippen molar-refractivity contribution in [1.29, 1.82) is 0 Å². The molecule has 0 radical (unpaired) electrons. The van der Waals surface area contributed by atoms with Gasteiger partial charge < -0.3 is 61.3 Å². The predicted molar refractivity (Wildman–Crippen MR) is 154 cm³/mol. The van der Waals surface area contributed by atoms with Crippen molar-refractivity contribution in [1.82, 2.24) is 0 Å². The summed E-state index contributed by atoms with van der Waals surface area (Å²) in [6.07, 6.45) is 0.534. The number of aliphatic hydroxyl groups excluding tert-OH is 8. The first kappa shape index (κ1) is 50.4. The lowest BCUT2D eigenvalue weighted by atomic mass is 10.1. The van der Waals surface area contributed by atoms with E-state index in [0.717, 1.165) is 19.3 Å². The molecular formula is C22H56O12S3. The molecule has 0 amide bonds. The van der Waals surface area contributed by atoms with Crippen molar-refractivity contribution >= 4 is 37.9 Å². The van der Waals surface area contributed by atoms with E-state index in [2.05, 4.69) is 44.8 Å². The van der Waals surface area contributed by atoms with Crippen LogP contribution in [-0.2, 0) is 0 Å². The summed E-state index contributed by atoms with van der Waals surface area (Å²) in [5, 5.41) is 95.8. The van der Waals surface area contributed by atoms with Crippen LogP contribution >= 0.6 is 37.9 Å². The second-order valence-electron chi connectivity index (χ2n) is 7.63. The van der Waals surface area contributed by atoms with Crippen molar-refractivity contribution < 1.29 is 61.3 Å². The van der Waals surface area contributed by atoms with Gasteiger partial charge in [-0.25, -0.2) is 0 Å². The van der Waals surface area contributed by atoms with Crippen LogP contribution in [0.4, 0.5) is 0 Å². The zero-order valence-corrected chi connectivity index (χ0v) is 25.4. The molecule has 0 rings (SSSR count). The topological polar surface area (TPSA) is 243 Å². The SMILES string of the molecule is CC(O)C(O)O.CC(O)CCC(O)O.CC(S)C(S)S.CCC(CO)CO.CCCCCO.OC(O)O. The zero-order valence-electron chi connectivity index (χ0n) is 22.7. The molecule has 0 bridgehead atoms. The fraction of sp³-hybridized carbons (Fsp3) is 1.00. The number of hydrogen-bond acceptors (Lipinski definition) is 15. The summed E-state index contributed by atoms with van der Waals surface area (Å²) in [4.78, 5) is 0. The van der Waals surface area contributed by atoms with E-state index in [0.29, 0.717) is 13.0 Å². The molecule has 0 aromatic carbocycles. The van der Waals surface area contributed by atoms with Gasteiger partial charge in [-0.3, -0.25) is 0 Å². The average Bonchev–Trinajstić information content (AvgIpc) is 2.78. The van der Waals surface area contributed by atoms with E-state index < -0.39 is 31.3 Å². The smallest absolute Gasteiger partial charge is 0.263 e. The Hall–Kier alpha value is 0.570. The van der Waals surface area contributed by atoms with E-state index in [1.807, 2.05) is 13.8 Å². The van der Waals surface area contributed by atoms with Gasteiger partial charge in [-0.15, -0.1) is 0 Å². The molecule has 0 aliphatic heterocycles. The van der Waals surface area contributed by atoms with Crippen LogP contribution in [0.3, 0.4) is 0 Å². The van der Waals surface area contributed by atoms with Gasteiger partial charge in [0, 0.05) is 37.4 Å². The molecule has 3 atom stereocenters. The quantitative estimate of drug-likeness (QED) is 0.0770. The molecule has 0 aromatic rings. The molecule has 3 unspecified atom stereocenters. The summed E-state index contributed by atoms with van der Waals surface area (Å²) < 4.78 is 0.105. The third kappa shape index (κ3) is 85.8. The van der Waals surface area contributed by atoms with Gasteiger partial charge in [0.2, 0.25) is 0 Å². The molecule has 12 nitrogen and oxygen atoms in total. The van der Waals surface area contributed by atoms with Crippen LogP contribution in [0.5, 0.6) is 0 Å². The molecule has 0 aromatic heterocycles. The average molecular weight is 609 g/mol. The monoisotopic (exact) mass is 608 g/mol. The van der Waals surface area contributed by atoms with E-state index in [1.165, 1.54) is 13.3 Å². The highest BCUT2D eigenvalue weighted by molar-refractivity contribution is 8.00. The van der Waals surface area contributed by atoms with E-state index in [4.69, 9.17) is 61.3 Å². The Labute approximate surface area is 238 Å². The molecule has 234 valence electrons. The lowest BCUT2D eigenvalue weighted by Crippen LogP contribution is -2.20. The maximum Gasteiger partial charge on any atom is 0.263 e. The van der Waals surface area contributed by atoms with Gasteiger partial charge in [0.15, 0.2) is 12.6 Å². The summed E-state index contributed by atoms with van der Waals surface area (Å²) >= 11 is 12.0. The normalized spacial score (nSPS) is 12.6. The van der Waals surface area contributed by atoms with Crippen molar-refractivity contribution in [3.05, 3.63) is 0 Å². The second-order valence-corrected chi connectivity index (χ2v) is 9.97. The van der Waals surface area contributed by atoms with Gasteiger partial charge in [0.1, 0.15) is 6.10 Å². The Morgan fingerprint density at radius 3 is 1.05 bits per heavy atom. The van der Waals surface area contributed by atoms with Gasteiger partial charge in [-0.05, 0) is 33.1 Å². The first-order chi connectivity index (χ1) is 16.9. The number of unbranched alkanes of at least 4 members (excludes halogenated alkanes) is 2. The minimum Gasteiger partial charge on any atom is -0.396 e. The molecule has 0 saturated heterocycles. The molecule has 0 spiro atoms. The van der Waals surface area contributed by atoms with Crippen molar-refractivity contribution in [2.24, 2.45) is 5.92 Å². The third-order valence-corrected chi connectivity index (χ3v) is 5.22. The molecule has 15 heteroatoms. The third-order valence-electron chi connectivity index (χ3n) is 3.56. The lowest BCUT2D eigenvalue weighted by molar-refractivity contribution is -0.198. The lowest BCUT2D eigenvalue weighted by Gasteiger charge is -2.03. The van der Waals surface area contributed by atoms with E-state index in [1.54, 1.807) is 6.92 Å².